The highest BCUT2D eigenvalue weighted by Gasteiger charge is 2.40. The minimum Gasteiger partial charge on any atom is -0.359 e. The molecule has 0 aromatic carbocycles. The van der Waals surface area contributed by atoms with Crippen molar-refractivity contribution in [3.05, 3.63) is 0 Å². The fraction of sp³-hybridized carbons (Fsp3) is 1.00. The largest absolute Gasteiger partial charge is 0.359 e. The summed E-state index contributed by atoms with van der Waals surface area (Å²) in [5, 5.41) is 0.568. The number of unbranched alkanes of at least 4 members (excludes halogenated alkanes) is 14. The molecule has 1 fully saturated rings. The minimum absolute atomic E-state index is 0.488. The van der Waals surface area contributed by atoms with Gasteiger partial charge >= 0.3 is 0 Å². The van der Waals surface area contributed by atoms with Crippen molar-refractivity contribution in [2.24, 2.45) is 11.8 Å². The Hall–Kier alpha value is 0.740. The molecule has 0 radical (unpaired) electrons. The lowest BCUT2D eigenvalue weighted by molar-refractivity contribution is 0.131. The summed E-state index contributed by atoms with van der Waals surface area (Å²) in [6.45, 7) is 6.78. The molecule has 0 saturated heterocycles. The molecule has 0 aromatic rings. The summed E-state index contributed by atoms with van der Waals surface area (Å²) in [5.41, 5.74) is 0. The first-order chi connectivity index (χ1) is 13.7. The zero-order valence-electron chi connectivity index (χ0n) is 19.4. The highest BCUT2D eigenvalue weighted by Crippen LogP contribution is 2.43. The standard InChI is InChI=1S/C25H51OPS/c1-4-6-7-8-9-10-11-12-13-14-15-16-17-18-19-20-23-24(28)21-22(5-2)25(23)26-27-3/h22-25,27-28H,4-21H2,1-3H3. The maximum Gasteiger partial charge on any atom is 0.0681 e. The monoisotopic (exact) mass is 430 g/mol. The maximum absolute atomic E-state index is 6.14. The van der Waals surface area contributed by atoms with Crippen molar-refractivity contribution in [2.45, 2.75) is 141 Å². The van der Waals surface area contributed by atoms with Crippen LogP contribution >= 0.6 is 21.4 Å². The van der Waals surface area contributed by atoms with Crippen LogP contribution < -0.4 is 0 Å². The molecule has 5 atom stereocenters. The fourth-order valence-electron chi connectivity index (χ4n) is 5.01. The van der Waals surface area contributed by atoms with Crippen LogP contribution in [-0.2, 0) is 4.52 Å². The second-order valence-electron chi connectivity index (χ2n) is 9.16. The van der Waals surface area contributed by atoms with Gasteiger partial charge in [0.25, 0.3) is 0 Å². The highest BCUT2D eigenvalue weighted by atomic mass is 32.1. The first-order valence-corrected chi connectivity index (χ1v) is 14.7. The summed E-state index contributed by atoms with van der Waals surface area (Å²) in [7, 11) is 0.626. The van der Waals surface area contributed by atoms with Gasteiger partial charge in [-0.25, -0.2) is 0 Å². The topological polar surface area (TPSA) is 9.23 Å². The van der Waals surface area contributed by atoms with E-state index in [1.54, 1.807) is 0 Å². The summed E-state index contributed by atoms with van der Waals surface area (Å²) in [4.78, 5) is 0. The number of thiol groups is 1. The normalized spacial score (nSPS) is 25.3. The highest BCUT2D eigenvalue weighted by molar-refractivity contribution is 7.81. The molecule has 5 unspecified atom stereocenters. The number of rotatable bonds is 19. The molecule has 1 aliphatic carbocycles. The van der Waals surface area contributed by atoms with Gasteiger partial charge in [0.15, 0.2) is 0 Å². The van der Waals surface area contributed by atoms with Gasteiger partial charge in [0, 0.05) is 14.1 Å². The molecule has 3 heteroatoms. The average Bonchev–Trinajstić information content (AvgIpc) is 3.00. The average molecular weight is 431 g/mol. The molecule has 1 nitrogen and oxygen atoms in total. The van der Waals surface area contributed by atoms with Crippen LogP contribution in [0, 0.1) is 11.8 Å². The lowest BCUT2D eigenvalue weighted by Crippen LogP contribution is -2.24. The smallest absolute Gasteiger partial charge is 0.0681 e. The van der Waals surface area contributed by atoms with E-state index < -0.39 is 0 Å². The maximum atomic E-state index is 6.14. The number of hydrogen-bond acceptors (Lipinski definition) is 2. The van der Waals surface area contributed by atoms with E-state index in [2.05, 4.69) is 20.5 Å². The van der Waals surface area contributed by atoms with E-state index in [4.69, 9.17) is 17.2 Å². The lowest BCUT2D eigenvalue weighted by Gasteiger charge is -2.25. The Morgan fingerprint density at radius 1 is 0.750 bits per heavy atom. The van der Waals surface area contributed by atoms with Crippen LogP contribution in [0.15, 0.2) is 0 Å². The van der Waals surface area contributed by atoms with Gasteiger partial charge < -0.3 is 4.52 Å². The summed E-state index contributed by atoms with van der Waals surface area (Å²) < 4.78 is 6.14. The van der Waals surface area contributed by atoms with Crippen LogP contribution in [0.1, 0.15) is 129 Å². The summed E-state index contributed by atoms with van der Waals surface area (Å²) in [6.07, 6.45) is 26.0. The molecule has 1 rings (SSSR count). The Balaban J connectivity index is 1.91. The van der Waals surface area contributed by atoms with Crippen LogP contribution in [-0.4, -0.2) is 18.0 Å². The van der Waals surface area contributed by atoms with E-state index in [1.807, 2.05) is 0 Å². The van der Waals surface area contributed by atoms with Crippen molar-refractivity contribution in [3.63, 3.8) is 0 Å². The van der Waals surface area contributed by atoms with E-state index in [1.165, 1.54) is 116 Å². The fourth-order valence-corrected chi connectivity index (χ4v) is 6.24. The molecule has 28 heavy (non-hydrogen) atoms. The van der Waals surface area contributed by atoms with E-state index in [9.17, 15) is 0 Å². The second-order valence-corrected chi connectivity index (χ2v) is 10.5. The van der Waals surface area contributed by atoms with E-state index >= 15 is 0 Å². The molecule has 0 heterocycles. The second kappa shape index (κ2) is 18.5. The molecule has 0 amide bonds. The molecule has 0 spiro atoms. The van der Waals surface area contributed by atoms with Crippen LogP contribution in [0.25, 0.3) is 0 Å². The Kier molecular flexibility index (Phi) is 17.7. The molecule has 0 aliphatic heterocycles. The van der Waals surface area contributed by atoms with Crippen molar-refractivity contribution in [1.29, 1.82) is 0 Å². The Bertz CT molecular complexity index is 339. The van der Waals surface area contributed by atoms with Gasteiger partial charge in [0.1, 0.15) is 0 Å². The van der Waals surface area contributed by atoms with Gasteiger partial charge in [0.05, 0.1) is 6.10 Å². The first-order valence-electron chi connectivity index (χ1n) is 12.7. The molecule has 0 aromatic heterocycles. The third-order valence-corrected chi connectivity index (χ3v) is 7.95. The van der Waals surface area contributed by atoms with Gasteiger partial charge in [-0.3, -0.25) is 0 Å². The Morgan fingerprint density at radius 2 is 1.21 bits per heavy atom. The van der Waals surface area contributed by atoms with Crippen molar-refractivity contribution < 1.29 is 4.52 Å². The molecule has 168 valence electrons. The Morgan fingerprint density at radius 3 is 1.64 bits per heavy atom. The number of hydrogen-bond donors (Lipinski definition) is 1. The molecule has 1 saturated carbocycles. The zero-order chi connectivity index (χ0) is 20.5. The van der Waals surface area contributed by atoms with Gasteiger partial charge in [-0.2, -0.15) is 12.6 Å². The van der Waals surface area contributed by atoms with Crippen LogP contribution in [0.4, 0.5) is 0 Å². The molecular weight excluding hydrogens is 379 g/mol. The van der Waals surface area contributed by atoms with Crippen molar-refractivity contribution in [1.82, 2.24) is 0 Å². The SMILES string of the molecule is CCCCCCCCCCCCCCCCCC1C(S)CC(CC)C1OPC. The van der Waals surface area contributed by atoms with Crippen molar-refractivity contribution in [3.8, 4) is 0 Å². The first kappa shape index (κ1) is 26.8. The van der Waals surface area contributed by atoms with Crippen molar-refractivity contribution in [2.75, 3.05) is 6.66 Å². The third-order valence-electron chi connectivity index (χ3n) is 6.84. The van der Waals surface area contributed by atoms with Crippen LogP contribution in [0.2, 0.25) is 0 Å². The minimum atomic E-state index is 0.488. The van der Waals surface area contributed by atoms with Crippen LogP contribution in [0.5, 0.6) is 0 Å². The molecule has 0 bridgehead atoms. The van der Waals surface area contributed by atoms with Gasteiger partial charge in [-0.15, -0.1) is 0 Å². The quantitative estimate of drug-likeness (QED) is 0.122. The van der Waals surface area contributed by atoms with Gasteiger partial charge in [-0.05, 0) is 31.3 Å². The summed E-state index contributed by atoms with van der Waals surface area (Å²) >= 11 is 4.90. The molecule has 1 aliphatic rings. The third kappa shape index (κ3) is 11.8. The van der Waals surface area contributed by atoms with E-state index in [0.717, 1.165) is 5.92 Å². The van der Waals surface area contributed by atoms with Crippen molar-refractivity contribution >= 4 is 21.4 Å². The van der Waals surface area contributed by atoms with Gasteiger partial charge in [0.2, 0.25) is 0 Å². The predicted octanol–water partition coefficient (Wildman–Crippen LogP) is 9.20. The Labute approximate surface area is 185 Å². The van der Waals surface area contributed by atoms with Crippen LogP contribution in [0.3, 0.4) is 0 Å². The predicted molar refractivity (Wildman–Crippen MR) is 133 cm³/mol. The summed E-state index contributed by atoms with van der Waals surface area (Å²) in [5.74, 6) is 1.44. The van der Waals surface area contributed by atoms with E-state index in [0.29, 0.717) is 26.1 Å². The van der Waals surface area contributed by atoms with E-state index in [-0.39, 0.29) is 0 Å². The lowest BCUT2D eigenvalue weighted by atomic mass is 9.93. The molecular formula is C25H51OPS. The summed E-state index contributed by atoms with van der Waals surface area (Å²) in [6, 6.07) is 0. The zero-order valence-corrected chi connectivity index (χ0v) is 21.3. The van der Waals surface area contributed by atoms with Gasteiger partial charge in [-0.1, -0.05) is 117 Å². The molecule has 0 N–H and O–H groups in total.